The number of piperidine rings is 1. The largest absolute Gasteiger partial charge is 0.493 e. The fraction of sp³-hybridized carbons (Fsp3) is 0.759. The molecule has 3 unspecified atom stereocenters. The van der Waals surface area contributed by atoms with Crippen LogP contribution in [-0.4, -0.2) is 54.7 Å². The van der Waals surface area contributed by atoms with Crippen LogP contribution in [0.5, 0.6) is 11.5 Å². The van der Waals surface area contributed by atoms with Crippen LogP contribution in [0.1, 0.15) is 70.6 Å². The summed E-state index contributed by atoms with van der Waals surface area (Å²) >= 11 is 0. The average Bonchev–Trinajstić information content (AvgIpc) is 3.07. The Labute approximate surface area is 214 Å². The zero-order chi connectivity index (χ0) is 24.7. The lowest BCUT2D eigenvalue weighted by atomic mass is 9.53. The monoisotopic (exact) mass is 495 g/mol. The van der Waals surface area contributed by atoms with Gasteiger partial charge in [-0.05, 0) is 100 Å². The molecule has 196 valence electrons. The molecule has 0 radical (unpaired) electrons. The molecule has 1 amide bonds. The minimum Gasteiger partial charge on any atom is -0.493 e. The lowest BCUT2D eigenvalue weighted by Crippen LogP contribution is -2.60. The van der Waals surface area contributed by atoms with Crippen LogP contribution in [0.25, 0.3) is 0 Å². The molecule has 7 nitrogen and oxygen atoms in total. The van der Waals surface area contributed by atoms with Crippen LogP contribution in [0.4, 0.5) is 0 Å². The van der Waals surface area contributed by atoms with Crippen molar-refractivity contribution in [1.82, 2.24) is 10.2 Å². The molecule has 1 aromatic rings. The molecule has 36 heavy (non-hydrogen) atoms. The number of ether oxygens (including phenoxy) is 2. The number of nitrogens with one attached hydrogen (secondary N) is 1. The fourth-order valence-corrected chi connectivity index (χ4v) is 9.01. The van der Waals surface area contributed by atoms with Crippen LogP contribution >= 0.6 is 0 Å². The first-order valence-electron chi connectivity index (χ1n) is 14.2. The second-order valence-electron chi connectivity index (χ2n) is 12.6. The summed E-state index contributed by atoms with van der Waals surface area (Å²) in [5.74, 6) is 4.58. The predicted octanol–water partition coefficient (Wildman–Crippen LogP) is 4.93. The Morgan fingerprint density at radius 2 is 1.64 bits per heavy atom. The van der Waals surface area contributed by atoms with Crippen molar-refractivity contribution in [3.05, 3.63) is 29.2 Å². The number of hydrogen-bond donors (Lipinski definition) is 1. The minimum atomic E-state index is -0.422. The lowest BCUT2D eigenvalue weighted by molar-refractivity contribution is -0.128. The third-order valence-electron chi connectivity index (χ3n) is 9.97. The maximum atomic E-state index is 13.2. The van der Waals surface area contributed by atoms with E-state index >= 15 is 0 Å². The van der Waals surface area contributed by atoms with Crippen molar-refractivity contribution < 1.29 is 14.3 Å². The number of rotatable bonds is 10. The highest BCUT2D eigenvalue weighted by Gasteiger charge is 2.51. The Bertz CT molecular complexity index is 918. The molecule has 2 aliphatic heterocycles. The first-order valence-corrected chi connectivity index (χ1v) is 14.2. The van der Waals surface area contributed by atoms with Gasteiger partial charge < -0.3 is 14.8 Å². The van der Waals surface area contributed by atoms with Crippen molar-refractivity contribution in [3.63, 3.8) is 0 Å². The summed E-state index contributed by atoms with van der Waals surface area (Å²) in [5.41, 5.74) is 0.107. The van der Waals surface area contributed by atoms with Gasteiger partial charge in [0.25, 0.3) is 0 Å². The fourth-order valence-electron chi connectivity index (χ4n) is 9.01. The Hall–Kier alpha value is -2.15. The molecule has 0 spiro atoms. The van der Waals surface area contributed by atoms with Crippen molar-refractivity contribution >= 4 is 5.91 Å². The second kappa shape index (κ2) is 9.96. The van der Waals surface area contributed by atoms with Crippen molar-refractivity contribution in [3.8, 4) is 11.5 Å². The average molecular weight is 496 g/mol. The van der Waals surface area contributed by atoms with Gasteiger partial charge in [-0.25, -0.2) is 0 Å². The molecule has 0 aromatic heterocycles. The van der Waals surface area contributed by atoms with Gasteiger partial charge in [0.05, 0.1) is 7.11 Å². The third kappa shape index (κ3) is 4.88. The van der Waals surface area contributed by atoms with Crippen LogP contribution in [0.2, 0.25) is 0 Å². The Kier molecular flexibility index (Phi) is 6.69. The van der Waals surface area contributed by atoms with E-state index in [0.29, 0.717) is 42.5 Å². The van der Waals surface area contributed by atoms with Crippen LogP contribution in [0, 0.1) is 28.6 Å². The molecule has 6 fully saturated rings. The van der Waals surface area contributed by atoms with E-state index in [9.17, 15) is 9.70 Å². The van der Waals surface area contributed by atoms with Crippen LogP contribution < -0.4 is 14.8 Å². The van der Waals surface area contributed by atoms with E-state index in [2.05, 4.69) is 15.4 Å². The van der Waals surface area contributed by atoms with Crippen molar-refractivity contribution in [2.45, 2.75) is 94.3 Å². The maximum Gasteiger partial charge on any atom is 0.220 e. The number of fused-ring (bicyclic) bond motifs is 2. The summed E-state index contributed by atoms with van der Waals surface area (Å²) in [6.07, 6.45) is 12.9. The van der Waals surface area contributed by atoms with E-state index in [-0.39, 0.29) is 18.1 Å². The molecule has 2 saturated heterocycles. The van der Waals surface area contributed by atoms with Crippen molar-refractivity contribution in [2.24, 2.45) is 28.8 Å². The highest BCUT2D eigenvalue weighted by atomic mass is 16.5. The van der Waals surface area contributed by atoms with E-state index in [0.717, 1.165) is 43.4 Å². The van der Waals surface area contributed by atoms with Crippen LogP contribution in [0.3, 0.4) is 0 Å². The molecule has 2 heterocycles. The quantitative estimate of drug-likeness (QED) is 0.466. The number of carbonyl (C=O) groups excluding carboxylic acids is 1. The topological polar surface area (TPSA) is 80.2 Å². The summed E-state index contributed by atoms with van der Waals surface area (Å²) in [6.45, 7) is 0.872. The van der Waals surface area contributed by atoms with Gasteiger partial charge in [-0.15, -0.1) is 0 Å². The number of benzene rings is 1. The molecule has 6 bridgehead atoms. The smallest absolute Gasteiger partial charge is 0.220 e. The molecule has 1 N–H and O–H groups in total. The Morgan fingerprint density at radius 3 is 2.22 bits per heavy atom. The Morgan fingerprint density at radius 1 is 1.03 bits per heavy atom. The number of para-hydroxylation sites is 2. The molecule has 7 heteroatoms. The summed E-state index contributed by atoms with van der Waals surface area (Å²) in [7, 11) is 1.61. The van der Waals surface area contributed by atoms with E-state index < -0.39 is 6.04 Å². The van der Waals surface area contributed by atoms with Gasteiger partial charge >= 0.3 is 0 Å². The highest BCUT2D eigenvalue weighted by Crippen LogP contribution is 2.55. The molecule has 6 aliphatic rings. The predicted molar refractivity (Wildman–Crippen MR) is 138 cm³/mol. The standard InChI is InChI=1S/C29H41N3O4/c1-35-26-4-2-3-5-27(26)36-18-23(31-34)17-32-24-6-7-25(32)12-19(11-24)13-28(33)30-29-14-20-8-21(15-29)10-22(9-20)16-29/h2-5,19-25H,6-18H2,1H3,(H,30,33). The van der Waals surface area contributed by atoms with Crippen molar-refractivity contribution in [2.75, 3.05) is 20.3 Å². The highest BCUT2D eigenvalue weighted by molar-refractivity contribution is 5.77. The van der Waals surface area contributed by atoms with Gasteiger partial charge in [-0.3, -0.25) is 9.69 Å². The molecule has 1 aromatic carbocycles. The van der Waals surface area contributed by atoms with E-state index in [4.69, 9.17) is 9.47 Å². The van der Waals surface area contributed by atoms with Gasteiger partial charge in [0.2, 0.25) is 5.91 Å². The third-order valence-corrected chi connectivity index (χ3v) is 9.97. The summed E-state index contributed by atoms with van der Waals surface area (Å²) in [5, 5.41) is 6.98. The SMILES string of the molecule is COc1ccccc1OCC(CN1C2CCC1CC(CC(=O)NC13CC4CC(CC(C4)C1)C3)C2)N=O. The molecule has 4 saturated carbocycles. The first kappa shape index (κ1) is 24.2. The zero-order valence-electron chi connectivity index (χ0n) is 21.6. The molecular formula is C29H41N3O4. The van der Waals surface area contributed by atoms with Crippen molar-refractivity contribution in [1.29, 1.82) is 0 Å². The maximum absolute atomic E-state index is 13.2. The molecule has 4 aliphatic carbocycles. The summed E-state index contributed by atoms with van der Waals surface area (Å²) in [6, 6.07) is 7.95. The van der Waals surface area contributed by atoms with E-state index in [1.165, 1.54) is 38.5 Å². The van der Waals surface area contributed by atoms with Crippen LogP contribution in [0.15, 0.2) is 29.4 Å². The second-order valence-corrected chi connectivity index (χ2v) is 12.6. The number of carbonyl (C=O) groups is 1. The summed E-state index contributed by atoms with van der Waals surface area (Å²) in [4.78, 5) is 27.3. The molecule has 7 rings (SSSR count). The normalized spacial score (nSPS) is 37.5. The van der Waals surface area contributed by atoms with E-state index in [1.54, 1.807) is 7.11 Å². The van der Waals surface area contributed by atoms with E-state index in [1.807, 2.05) is 24.3 Å². The summed E-state index contributed by atoms with van der Waals surface area (Å²) < 4.78 is 11.3. The Balaban J connectivity index is 1.00. The van der Waals surface area contributed by atoms with Crippen LogP contribution in [-0.2, 0) is 4.79 Å². The zero-order valence-corrected chi connectivity index (χ0v) is 21.6. The number of hydrogen-bond acceptors (Lipinski definition) is 6. The number of nitrogens with zero attached hydrogens (tertiary/aromatic N) is 2. The lowest BCUT2D eigenvalue weighted by Gasteiger charge is -2.57. The number of nitroso groups, excluding NO2 is 1. The van der Waals surface area contributed by atoms with Gasteiger partial charge in [0, 0.05) is 30.6 Å². The molecule has 3 atom stereocenters. The minimum absolute atomic E-state index is 0.107. The first-order chi connectivity index (χ1) is 17.5. The van der Waals surface area contributed by atoms with Gasteiger partial charge in [0.15, 0.2) is 11.5 Å². The number of methoxy groups -OCH3 is 1. The number of amides is 1. The van der Waals surface area contributed by atoms with Gasteiger partial charge in [0.1, 0.15) is 12.6 Å². The van der Waals surface area contributed by atoms with Gasteiger partial charge in [-0.2, -0.15) is 4.91 Å². The molecular weight excluding hydrogens is 454 g/mol. The van der Waals surface area contributed by atoms with Gasteiger partial charge in [-0.1, -0.05) is 17.3 Å².